The number of nitrogen functional groups attached to an aromatic ring is 1. The molecule has 5 N–H and O–H groups in total. The number of hydrazine groups is 1. The molecule has 0 aliphatic heterocycles. The summed E-state index contributed by atoms with van der Waals surface area (Å²) in [6.45, 7) is 4.75. The standard InChI is InChI=1S/C14H21FN4O2/c1-9(2)8-18-12(20)6-7-17-14(21)10-4-3-5-11(15)13(10)19-16/h3-5,9,19H,6-8,16H2,1-2H3,(H,17,21)(H,18,20). The minimum Gasteiger partial charge on any atom is -0.356 e. The molecule has 0 spiro atoms. The van der Waals surface area contributed by atoms with Crippen molar-refractivity contribution >= 4 is 17.5 Å². The Labute approximate surface area is 123 Å². The molecule has 7 heteroatoms. The van der Waals surface area contributed by atoms with Crippen LogP contribution >= 0.6 is 0 Å². The van der Waals surface area contributed by atoms with E-state index in [0.29, 0.717) is 12.5 Å². The molecule has 0 saturated carbocycles. The van der Waals surface area contributed by atoms with Crippen LogP contribution in [0.5, 0.6) is 0 Å². The van der Waals surface area contributed by atoms with Crippen molar-refractivity contribution in [3.05, 3.63) is 29.6 Å². The number of benzene rings is 1. The van der Waals surface area contributed by atoms with E-state index in [2.05, 4.69) is 16.1 Å². The lowest BCUT2D eigenvalue weighted by molar-refractivity contribution is -0.121. The molecular weight excluding hydrogens is 275 g/mol. The maximum atomic E-state index is 13.5. The van der Waals surface area contributed by atoms with E-state index in [1.54, 1.807) is 0 Å². The minimum atomic E-state index is -0.611. The second kappa shape index (κ2) is 8.21. The van der Waals surface area contributed by atoms with Gasteiger partial charge in [0.15, 0.2) is 0 Å². The zero-order chi connectivity index (χ0) is 15.8. The van der Waals surface area contributed by atoms with Gasteiger partial charge in [-0.25, -0.2) is 4.39 Å². The Morgan fingerprint density at radius 3 is 2.62 bits per heavy atom. The van der Waals surface area contributed by atoms with E-state index in [1.165, 1.54) is 18.2 Å². The smallest absolute Gasteiger partial charge is 0.253 e. The molecular formula is C14H21FN4O2. The Morgan fingerprint density at radius 1 is 1.29 bits per heavy atom. The number of hydrogen-bond acceptors (Lipinski definition) is 4. The zero-order valence-corrected chi connectivity index (χ0v) is 12.2. The summed E-state index contributed by atoms with van der Waals surface area (Å²) in [5, 5.41) is 5.30. The van der Waals surface area contributed by atoms with E-state index in [9.17, 15) is 14.0 Å². The van der Waals surface area contributed by atoms with Crippen LogP contribution in [0.15, 0.2) is 18.2 Å². The van der Waals surface area contributed by atoms with Crippen molar-refractivity contribution in [2.75, 3.05) is 18.5 Å². The van der Waals surface area contributed by atoms with Crippen molar-refractivity contribution < 1.29 is 14.0 Å². The Hall–Kier alpha value is -2.15. The normalized spacial score (nSPS) is 10.3. The van der Waals surface area contributed by atoms with Gasteiger partial charge in [-0.3, -0.25) is 15.4 Å². The fraction of sp³-hybridized carbons (Fsp3) is 0.429. The molecule has 0 heterocycles. The largest absolute Gasteiger partial charge is 0.356 e. The minimum absolute atomic E-state index is 0.0701. The van der Waals surface area contributed by atoms with Gasteiger partial charge in [0.2, 0.25) is 5.91 Å². The van der Waals surface area contributed by atoms with Crippen LogP contribution in [0.25, 0.3) is 0 Å². The molecule has 0 saturated heterocycles. The first kappa shape index (κ1) is 16.9. The fourth-order valence-electron chi connectivity index (χ4n) is 1.65. The van der Waals surface area contributed by atoms with Gasteiger partial charge in [-0.1, -0.05) is 19.9 Å². The Balaban J connectivity index is 2.48. The summed E-state index contributed by atoms with van der Waals surface area (Å²) >= 11 is 0. The average Bonchev–Trinajstić information content (AvgIpc) is 2.44. The van der Waals surface area contributed by atoms with Gasteiger partial charge in [0.25, 0.3) is 5.91 Å². The van der Waals surface area contributed by atoms with Crippen LogP contribution in [-0.2, 0) is 4.79 Å². The molecule has 0 aromatic heterocycles. The lowest BCUT2D eigenvalue weighted by atomic mass is 10.1. The van der Waals surface area contributed by atoms with Gasteiger partial charge in [-0.15, -0.1) is 0 Å². The molecule has 0 unspecified atom stereocenters. The van der Waals surface area contributed by atoms with Crippen LogP contribution in [0.4, 0.5) is 10.1 Å². The molecule has 0 fully saturated rings. The van der Waals surface area contributed by atoms with E-state index in [1.807, 2.05) is 13.8 Å². The molecule has 0 radical (unpaired) electrons. The highest BCUT2D eigenvalue weighted by Crippen LogP contribution is 2.18. The first-order valence-corrected chi connectivity index (χ1v) is 6.75. The molecule has 1 aromatic carbocycles. The number of carbonyl (C=O) groups is 2. The number of halogens is 1. The summed E-state index contributed by atoms with van der Waals surface area (Å²) in [5.41, 5.74) is 2.19. The van der Waals surface area contributed by atoms with E-state index in [-0.39, 0.29) is 30.1 Å². The maximum absolute atomic E-state index is 13.5. The van der Waals surface area contributed by atoms with Crippen LogP contribution in [0.3, 0.4) is 0 Å². The molecule has 1 rings (SSSR count). The summed E-state index contributed by atoms with van der Waals surface area (Å²) < 4.78 is 13.5. The second-order valence-electron chi connectivity index (χ2n) is 5.01. The Kier molecular flexibility index (Phi) is 6.61. The van der Waals surface area contributed by atoms with Gasteiger partial charge in [0, 0.05) is 19.5 Å². The van der Waals surface area contributed by atoms with E-state index in [0.717, 1.165) is 0 Å². The lowest BCUT2D eigenvalue weighted by Crippen LogP contribution is -2.32. The highest BCUT2D eigenvalue weighted by Gasteiger charge is 2.14. The van der Waals surface area contributed by atoms with Gasteiger partial charge in [0.1, 0.15) is 5.82 Å². The van der Waals surface area contributed by atoms with Crippen molar-refractivity contribution in [3.63, 3.8) is 0 Å². The van der Waals surface area contributed by atoms with Crippen molar-refractivity contribution in [1.82, 2.24) is 10.6 Å². The molecule has 0 aliphatic carbocycles. The van der Waals surface area contributed by atoms with E-state index < -0.39 is 11.7 Å². The van der Waals surface area contributed by atoms with Crippen LogP contribution in [0.2, 0.25) is 0 Å². The number of nitrogens with one attached hydrogen (secondary N) is 3. The summed E-state index contributed by atoms with van der Waals surface area (Å²) in [4.78, 5) is 23.4. The molecule has 0 aliphatic rings. The first-order chi connectivity index (χ1) is 9.95. The summed E-state index contributed by atoms with van der Waals surface area (Å²) in [5.74, 6) is 4.33. The lowest BCUT2D eigenvalue weighted by Gasteiger charge is -2.11. The third-order valence-electron chi connectivity index (χ3n) is 2.75. The van der Waals surface area contributed by atoms with Crippen LogP contribution in [0.1, 0.15) is 30.6 Å². The molecule has 1 aromatic rings. The second-order valence-corrected chi connectivity index (χ2v) is 5.01. The van der Waals surface area contributed by atoms with Gasteiger partial charge < -0.3 is 16.1 Å². The van der Waals surface area contributed by atoms with Crippen molar-refractivity contribution in [2.45, 2.75) is 20.3 Å². The van der Waals surface area contributed by atoms with Crippen molar-refractivity contribution in [2.24, 2.45) is 11.8 Å². The topological polar surface area (TPSA) is 96.2 Å². The number of carbonyl (C=O) groups excluding carboxylic acids is 2. The SMILES string of the molecule is CC(C)CNC(=O)CCNC(=O)c1cccc(F)c1NN. The summed E-state index contributed by atoms with van der Waals surface area (Å²) in [6, 6.07) is 4.07. The number of anilines is 1. The van der Waals surface area contributed by atoms with Crippen molar-refractivity contribution in [3.8, 4) is 0 Å². The average molecular weight is 296 g/mol. The predicted octanol–water partition coefficient (Wildman–Crippen LogP) is 1.00. The maximum Gasteiger partial charge on any atom is 0.253 e. The number of rotatable bonds is 7. The quantitative estimate of drug-likeness (QED) is 0.446. The Bertz CT molecular complexity index is 506. The third-order valence-corrected chi connectivity index (χ3v) is 2.75. The first-order valence-electron chi connectivity index (χ1n) is 6.75. The van der Waals surface area contributed by atoms with Gasteiger partial charge in [-0.2, -0.15) is 0 Å². The number of amides is 2. The molecule has 6 nitrogen and oxygen atoms in total. The molecule has 21 heavy (non-hydrogen) atoms. The van der Waals surface area contributed by atoms with Crippen LogP contribution < -0.4 is 21.9 Å². The fourth-order valence-corrected chi connectivity index (χ4v) is 1.65. The van der Waals surface area contributed by atoms with E-state index in [4.69, 9.17) is 5.84 Å². The van der Waals surface area contributed by atoms with Crippen molar-refractivity contribution in [1.29, 1.82) is 0 Å². The summed E-state index contributed by atoms with van der Waals surface area (Å²) in [7, 11) is 0. The predicted molar refractivity (Wildman–Crippen MR) is 79.0 cm³/mol. The highest BCUT2D eigenvalue weighted by molar-refractivity contribution is 5.99. The number of hydrogen-bond donors (Lipinski definition) is 4. The van der Waals surface area contributed by atoms with Crippen LogP contribution in [0, 0.1) is 11.7 Å². The Morgan fingerprint density at radius 2 is 2.00 bits per heavy atom. The molecule has 0 atom stereocenters. The molecule has 2 amide bonds. The number of nitrogens with two attached hydrogens (primary N) is 1. The highest BCUT2D eigenvalue weighted by atomic mass is 19.1. The third kappa shape index (κ3) is 5.39. The molecule has 116 valence electrons. The monoisotopic (exact) mass is 296 g/mol. The zero-order valence-electron chi connectivity index (χ0n) is 12.2. The van der Waals surface area contributed by atoms with Gasteiger partial charge in [-0.05, 0) is 18.1 Å². The number of para-hydroxylation sites is 1. The van der Waals surface area contributed by atoms with Gasteiger partial charge in [0.05, 0.1) is 11.3 Å². The van der Waals surface area contributed by atoms with Gasteiger partial charge >= 0.3 is 0 Å². The summed E-state index contributed by atoms with van der Waals surface area (Å²) in [6.07, 6.45) is 0.166. The molecule has 0 bridgehead atoms. The van der Waals surface area contributed by atoms with E-state index >= 15 is 0 Å². The van der Waals surface area contributed by atoms with Crippen LogP contribution in [-0.4, -0.2) is 24.9 Å².